The zero-order valence-corrected chi connectivity index (χ0v) is 13.8. The van der Waals surface area contributed by atoms with E-state index in [2.05, 4.69) is 5.32 Å². The number of rotatable bonds is 2. The van der Waals surface area contributed by atoms with Crippen LogP contribution in [0.25, 0.3) is 0 Å². The minimum atomic E-state index is -0.988. The molecule has 3 rings (SSSR count). The highest BCUT2D eigenvalue weighted by atomic mass is 35.5. The van der Waals surface area contributed by atoms with Crippen LogP contribution in [0, 0.1) is 11.6 Å². The van der Waals surface area contributed by atoms with E-state index >= 15 is 0 Å². The van der Waals surface area contributed by atoms with Crippen molar-refractivity contribution in [1.29, 1.82) is 0 Å². The van der Waals surface area contributed by atoms with Crippen molar-refractivity contribution in [1.82, 2.24) is 5.32 Å². The van der Waals surface area contributed by atoms with Gasteiger partial charge in [0.2, 0.25) is 0 Å². The van der Waals surface area contributed by atoms with Crippen molar-refractivity contribution in [3.8, 4) is 0 Å². The van der Waals surface area contributed by atoms with Gasteiger partial charge in [0.25, 0.3) is 11.8 Å². The van der Waals surface area contributed by atoms with Crippen LogP contribution in [0.3, 0.4) is 0 Å². The summed E-state index contributed by atoms with van der Waals surface area (Å²) in [7, 11) is 1.31. The fourth-order valence-corrected chi connectivity index (χ4v) is 2.87. The molecule has 124 valence electrons. The van der Waals surface area contributed by atoms with Crippen LogP contribution in [0.15, 0.2) is 30.3 Å². The zero-order chi connectivity index (χ0) is 17.6. The third-order valence-electron chi connectivity index (χ3n) is 3.78. The van der Waals surface area contributed by atoms with Gasteiger partial charge in [-0.25, -0.2) is 8.78 Å². The third-order valence-corrected chi connectivity index (χ3v) is 4.30. The van der Waals surface area contributed by atoms with Gasteiger partial charge in [0.05, 0.1) is 10.7 Å². The van der Waals surface area contributed by atoms with Crippen LogP contribution in [0.2, 0.25) is 10.0 Å². The Kier molecular flexibility index (Phi) is 4.19. The molecule has 0 spiro atoms. The summed E-state index contributed by atoms with van der Waals surface area (Å²) in [6, 6.07) is 5.19. The van der Waals surface area contributed by atoms with Crippen molar-refractivity contribution >= 4 is 40.7 Å². The lowest BCUT2D eigenvalue weighted by Crippen LogP contribution is -2.37. The molecule has 1 aliphatic heterocycles. The molecule has 1 heterocycles. The SMILES string of the molecule is CN(C(=O)C1NC(=O)c2cc(Cl)ccc21)c1cc(Cl)c(F)cc1F. The van der Waals surface area contributed by atoms with Crippen LogP contribution >= 0.6 is 23.2 Å². The number of amides is 2. The van der Waals surface area contributed by atoms with E-state index in [0.717, 1.165) is 11.0 Å². The van der Waals surface area contributed by atoms with Crippen molar-refractivity contribution in [2.24, 2.45) is 0 Å². The number of benzene rings is 2. The Morgan fingerprint density at radius 3 is 2.58 bits per heavy atom. The maximum absolute atomic E-state index is 14.0. The predicted octanol–water partition coefficient (Wildman–Crippen LogP) is 3.72. The lowest BCUT2D eigenvalue weighted by molar-refractivity contribution is -0.120. The molecule has 1 N–H and O–H groups in total. The second-order valence-electron chi connectivity index (χ2n) is 5.25. The first-order chi connectivity index (χ1) is 11.3. The topological polar surface area (TPSA) is 49.4 Å². The van der Waals surface area contributed by atoms with Crippen molar-refractivity contribution in [3.63, 3.8) is 0 Å². The monoisotopic (exact) mass is 370 g/mol. The van der Waals surface area contributed by atoms with Crippen molar-refractivity contribution in [2.45, 2.75) is 6.04 Å². The zero-order valence-electron chi connectivity index (χ0n) is 12.2. The number of carbonyl (C=O) groups excluding carboxylic acids is 2. The Labute approximate surface area is 146 Å². The summed E-state index contributed by atoms with van der Waals surface area (Å²) in [6.07, 6.45) is 0. The van der Waals surface area contributed by atoms with Crippen LogP contribution in [-0.4, -0.2) is 18.9 Å². The average molecular weight is 371 g/mol. The number of nitrogens with one attached hydrogen (secondary N) is 1. The van der Waals surface area contributed by atoms with Crippen molar-refractivity contribution in [2.75, 3.05) is 11.9 Å². The van der Waals surface area contributed by atoms with Crippen LogP contribution in [0.1, 0.15) is 22.0 Å². The lowest BCUT2D eigenvalue weighted by Gasteiger charge is -2.22. The van der Waals surface area contributed by atoms with Gasteiger partial charge in [0.15, 0.2) is 0 Å². The Bertz CT molecular complexity index is 873. The van der Waals surface area contributed by atoms with Crippen LogP contribution in [0.5, 0.6) is 0 Å². The Balaban J connectivity index is 1.96. The largest absolute Gasteiger partial charge is 0.336 e. The van der Waals surface area contributed by atoms with Gasteiger partial charge in [-0.05, 0) is 23.8 Å². The standard InChI is InChI=1S/C16H10Cl2F2N2O2/c1-22(13-5-10(18)11(19)6-12(13)20)16(24)14-8-3-2-7(17)4-9(8)15(23)21-14/h2-6,14H,1H3,(H,21,23). The molecule has 24 heavy (non-hydrogen) atoms. The van der Waals surface area contributed by atoms with E-state index < -0.39 is 29.5 Å². The quantitative estimate of drug-likeness (QED) is 0.819. The normalized spacial score (nSPS) is 15.9. The molecule has 0 bridgehead atoms. The fourth-order valence-electron chi connectivity index (χ4n) is 2.54. The number of anilines is 1. The molecule has 0 fully saturated rings. The molecule has 1 atom stereocenters. The van der Waals surface area contributed by atoms with Crippen LogP contribution in [-0.2, 0) is 4.79 Å². The van der Waals surface area contributed by atoms with E-state index in [9.17, 15) is 18.4 Å². The Hall–Kier alpha value is -2.18. The molecule has 4 nitrogen and oxygen atoms in total. The van der Waals surface area contributed by atoms with E-state index in [1.54, 1.807) is 12.1 Å². The Morgan fingerprint density at radius 2 is 1.88 bits per heavy atom. The molecule has 8 heteroatoms. The lowest BCUT2D eigenvalue weighted by atomic mass is 10.0. The van der Waals surface area contributed by atoms with Crippen molar-refractivity contribution < 1.29 is 18.4 Å². The molecule has 2 aromatic carbocycles. The molecular formula is C16H10Cl2F2N2O2. The first-order valence-electron chi connectivity index (χ1n) is 6.82. The maximum atomic E-state index is 14.0. The second kappa shape index (κ2) is 6.03. The molecule has 2 amide bonds. The first kappa shape index (κ1) is 16.7. The summed E-state index contributed by atoms with van der Waals surface area (Å²) in [6.45, 7) is 0. The van der Waals surface area contributed by atoms with E-state index in [1.807, 2.05) is 0 Å². The van der Waals surface area contributed by atoms with Gasteiger partial charge < -0.3 is 10.2 Å². The van der Waals surface area contributed by atoms with Gasteiger partial charge >= 0.3 is 0 Å². The number of halogens is 4. The fraction of sp³-hybridized carbons (Fsp3) is 0.125. The summed E-state index contributed by atoms with van der Waals surface area (Å²) in [5.41, 5.74) is 0.532. The van der Waals surface area contributed by atoms with Crippen LogP contribution < -0.4 is 10.2 Å². The molecule has 0 aromatic heterocycles. The molecule has 2 aromatic rings. The summed E-state index contributed by atoms with van der Waals surface area (Å²) < 4.78 is 27.2. The minimum absolute atomic E-state index is 0.192. The van der Waals surface area contributed by atoms with Gasteiger partial charge in [-0.3, -0.25) is 9.59 Å². The molecule has 1 aliphatic rings. The molecule has 0 saturated carbocycles. The van der Waals surface area contributed by atoms with Crippen molar-refractivity contribution in [3.05, 3.63) is 63.1 Å². The summed E-state index contributed by atoms with van der Waals surface area (Å²) in [5.74, 6) is -2.90. The van der Waals surface area contributed by atoms with E-state index in [4.69, 9.17) is 23.2 Å². The highest BCUT2D eigenvalue weighted by molar-refractivity contribution is 6.31. The highest BCUT2D eigenvalue weighted by Gasteiger charge is 2.36. The molecule has 1 unspecified atom stereocenters. The molecular weight excluding hydrogens is 361 g/mol. The van der Waals surface area contributed by atoms with Crippen LogP contribution in [0.4, 0.5) is 14.5 Å². The van der Waals surface area contributed by atoms with Gasteiger partial charge in [-0.2, -0.15) is 0 Å². The van der Waals surface area contributed by atoms with Gasteiger partial charge in [0, 0.05) is 23.7 Å². The summed E-state index contributed by atoms with van der Waals surface area (Å²) >= 11 is 11.5. The number of carbonyl (C=O) groups is 2. The summed E-state index contributed by atoms with van der Waals surface area (Å²) in [5, 5.41) is 2.58. The van der Waals surface area contributed by atoms with E-state index in [-0.39, 0.29) is 16.3 Å². The van der Waals surface area contributed by atoms with Gasteiger partial charge in [-0.15, -0.1) is 0 Å². The van der Waals surface area contributed by atoms with E-state index in [1.165, 1.54) is 13.1 Å². The highest BCUT2D eigenvalue weighted by Crippen LogP contribution is 2.32. The minimum Gasteiger partial charge on any atom is -0.336 e. The Morgan fingerprint density at radius 1 is 1.17 bits per heavy atom. The van der Waals surface area contributed by atoms with E-state index in [0.29, 0.717) is 16.7 Å². The second-order valence-corrected chi connectivity index (χ2v) is 6.10. The molecule has 0 aliphatic carbocycles. The number of hydrogen-bond acceptors (Lipinski definition) is 2. The molecule has 0 radical (unpaired) electrons. The number of fused-ring (bicyclic) bond motifs is 1. The predicted molar refractivity (Wildman–Crippen MR) is 86.4 cm³/mol. The van der Waals surface area contributed by atoms with Gasteiger partial charge in [0.1, 0.15) is 17.7 Å². The third kappa shape index (κ3) is 2.72. The maximum Gasteiger partial charge on any atom is 0.254 e. The van der Waals surface area contributed by atoms with Gasteiger partial charge in [-0.1, -0.05) is 29.3 Å². The first-order valence-corrected chi connectivity index (χ1v) is 7.57. The average Bonchev–Trinajstić information content (AvgIpc) is 2.86. The number of hydrogen-bond donors (Lipinski definition) is 1. The smallest absolute Gasteiger partial charge is 0.254 e. The molecule has 0 saturated heterocycles. The number of likely N-dealkylation sites (N-methyl/N-ethyl adjacent to an activating group) is 1. The number of nitrogens with zero attached hydrogens (tertiary/aromatic N) is 1. The summed E-state index contributed by atoms with van der Waals surface area (Å²) in [4.78, 5) is 25.6.